The molecule has 0 aliphatic rings. The molecule has 0 aliphatic heterocycles. The quantitative estimate of drug-likeness (QED) is 0.162. The van der Waals surface area contributed by atoms with Gasteiger partial charge in [-0.2, -0.15) is 0 Å². The number of benzene rings is 10. The molecule has 0 aliphatic carbocycles. The molecule has 0 fully saturated rings. The summed E-state index contributed by atoms with van der Waals surface area (Å²) in [7, 11) is 0. The van der Waals surface area contributed by atoms with E-state index in [1.165, 1.54) is 49.0 Å². The summed E-state index contributed by atoms with van der Waals surface area (Å²) in [6, 6.07) is 79.6. The molecule has 0 N–H and O–H groups in total. The van der Waals surface area contributed by atoms with Gasteiger partial charge in [0.05, 0.1) is 0 Å². The standard InChI is InChI=1S/C57H37N3/c1-2-16-44(17-3-1)55-58-56(45-33-31-43(32-34-45)53-25-11-19-40-14-5-8-22-50(40)53)60-57(59-55)48-36-46(35-47(37-48)54-26-12-20-41-15-6-9-23-51(41)54)38-27-29-42(30-28-38)52-24-10-18-39-13-4-7-21-49(39)52/h1-37H. The van der Waals surface area contributed by atoms with Gasteiger partial charge >= 0.3 is 0 Å². The Hall–Kier alpha value is -8.01. The second kappa shape index (κ2) is 15.1. The van der Waals surface area contributed by atoms with E-state index in [1.807, 2.05) is 18.2 Å². The first-order chi connectivity index (χ1) is 29.7. The van der Waals surface area contributed by atoms with Crippen LogP contribution >= 0.6 is 0 Å². The average molecular weight is 764 g/mol. The fourth-order valence-electron chi connectivity index (χ4n) is 8.50. The molecule has 0 radical (unpaired) electrons. The predicted octanol–water partition coefficient (Wildman–Crippen LogP) is 15.0. The van der Waals surface area contributed by atoms with Gasteiger partial charge in [-0.1, -0.05) is 206 Å². The molecule has 1 aromatic heterocycles. The molecule has 60 heavy (non-hydrogen) atoms. The molecule has 0 bridgehead atoms. The third-order valence-corrected chi connectivity index (χ3v) is 11.5. The summed E-state index contributed by atoms with van der Waals surface area (Å²) in [6.45, 7) is 0. The van der Waals surface area contributed by atoms with Gasteiger partial charge in [0.15, 0.2) is 17.5 Å². The lowest BCUT2D eigenvalue weighted by Crippen LogP contribution is -2.00. The Kier molecular flexibility index (Phi) is 8.83. The van der Waals surface area contributed by atoms with Crippen molar-refractivity contribution in [1.82, 2.24) is 15.0 Å². The highest BCUT2D eigenvalue weighted by Gasteiger charge is 2.17. The van der Waals surface area contributed by atoms with Gasteiger partial charge < -0.3 is 0 Å². The topological polar surface area (TPSA) is 38.7 Å². The summed E-state index contributed by atoms with van der Waals surface area (Å²) in [5.74, 6) is 1.87. The van der Waals surface area contributed by atoms with Crippen LogP contribution in [0.15, 0.2) is 224 Å². The summed E-state index contributed by atoms with van der Waals surface area (Å²) in [6.07, 6.45) is 0. The number of fused-ring (bicyclic) bond motifs is 3. The Morgan fingerprint density at radius 3 is 1.03 bits per heavy atom. The lowest BCUT2D eigenvalue weighted by molar-refractivity contribution is 1.07. The smallest absolute Gasteiger partial charge is 0.164 e. The SMILES string of the molecule is c1ccc(-c2nc(-c3ccc(-c4cccc5ccccc45)cc3)nc(-c3cc(-c4ccc(-c5cccc6ccccc56)cc4)cc(-c4cccc5ccccc45)c3)n2)cc1. The highest BCUT2D eigenvalue weighted by molar-refractivity contribution is 6.00. The molecule has 0 unspecified atom stereocenters. The van der Waals surface area contributed by atoms with E-state index in [2.05, 4.69) is 206 Å². The van der Waals surface area contributed by atoms with Gasteiger partial charge in [-0.25, -0.2) is 15.0 Å². The number of hydrogen-bond acceptors (Lipinski definition) is 3. The van der Waals surface area contributed by atoms with Crippen LogP contribution < -0.4 is 0 Å². The fraction of sp³-hybridized carbons (Fsp3) is 0. The van der Waals surface area contributed by atoms with E-state index in [9.17, 15) is 0 Å². The van der Waals surface area contributed by atoms with Crippen molar-refractivity contribution >= 4 is 32.3 Å². The first-order valence-corrected chi connectivity index (χ1v) is 20.3. The zero-order valence-electron chi connectivity index (χ0n) is 32.7. The van der Waals surface area contributed by atoms with E-state index in [4.69, 9.17) is 15.0 Å². The van der Waals surface area contributed by atoms with Crippen molar-refractivity contribution in [3.05, 3.63) is 224 Å². The van der Waals surface area contributed by atoms with Gasteiger partial charge in [0.2, 0.25) is 0 Å². The summed E-state index contributed by atoms with van der Waals surface area (Å²) >= 11 is 0. The van der Waals surface area contributed by atoms with Crippen LogP contribution in [-0.2, 0) is 0 Å². The minimum atomic E-state index is 0.618. The summed E-state index contributed by atoms with van der Waals surface area (Å²) in [5.41, 5.74) is 12.0. The van der Waals surface area contributed by atoms with E-state index < -0.39 is 0 Å². The van der Waals surface area contributed by atoms with Crippen molar-refractivity contribution < 1.29 is 0 Å². The zero-order valence-corrected chi connectivity index (χ0v) is 32.7. The molecule has 0 saturated heterocycles. The van der Waals surface area contributed by atoms with Crippen LogP contribution in [0, 0.1) is 0 Å². The lowest BCUT2D eigenvalue weighted by atomic mass is 9.92. The van der Waals surface area contributed by atoms with Gasteiger partial charge in [-0.05, 0) is 95.0 Å². The molecule has 11 aromatic rings. The van der Waals surface area contributed by atoms with Crippen molar-refractivity contribution in [2.75, 3.05) is 0 Å². The maximum absolute atomic E-state index is 5.24. The molecule has 3 heteroatoms. The van der Waals surface area contributed by atoms with Crippen LogP contribution in [-0.4, -0.2) is 15.0 Å². The van der Waals surface area contributed by atoms with Crippen LogP contribution in [0.2, 0.25) is 0 Å². The van der Waals surface area contributed by atoms with E-state index >= 15 is 0 Å². The van der Waals surface area contributed by atoms with E-state index in [1.54, 1.807) is 0 Å². The van der Waals surface area contributed by atoms with Crippen LogP contribution in [0.3, 0.4) is 0 Å². The van der Waals surface area contributed by atoms with Crippen molar-refractivity contribution in [3.8, 4) is 78.7 Å². The van der Waals surface area contributed by atoms with Gasteiger partial charge in [0, 0.05) is 16.7 Å². The van der Waals surface area contributed by atoms with E-state index in [0.717, 1.165) is 44.5 Å². The van der Waals surface area contributed by atoms with Crippen LogP contribution in [0.5, 0.6) is 0 Å². The molecular weight excluding hydrogens is 727 g/mol. The van der Waals surface area contributed by atoms with Crippen molar-refractivity contribution in [1.29, 1.82) is 0 Å². The molecule has 0 amide bonds. The third kappa shape index (κ3) is 6.58. The van der Waals surface area contributed by atoms with E-state index in [0.29, 0.717) is 17.5 Å². The monoisotopic (exact) mass is 763 g/mol. The maximum atomic E-state index is 5.24. The second-order valence-corrected chi connectivity index (χ2v) is 15.2. The van der Waals surface area contributed by atoms with Crippen molar-refractivity contribution in [3.63, 3.8) is 0 Å². The molecule has 10 aromatic carbocycles. The van der Waals surface area contributed by atoms with Crippen molar-refractivity contribution in [2.45, 2.75) is 0 Å². The van der Waals surface area contributed by atoms with Crippen molar-refractivity contribution in [2.24, 2.45) is 0 Å². The molecular formula is C57H37N3. The Morgan fingerprint density at radius 2 is 0.533 bits per heavy atom. The zero-order chi connectivity index (χ0) is 39.8. The average Bonchev–Trinajstić information content (AvgIpc) is 3.33. The van der Waals surface area contributed by atoms with Crippen LogP contribution in [0.1, 0.15) is 0 Å². The summed E-state index contributed by atoms with van der Waals surface area (Å²) in [5, 5.41) is 7.32. The molecule has 280 valence electrons. The second-order valence-electron chi connectivity index (χ2n) is 15.2. The molecule has 11 rings (SSSR count). The molecule has 0 spiro atoms. The van der Waals surface area contributed by atoms with E-state index in [-0.39, 0.29) is 0 Å². The highest BCUT2D eigenvalue weighted by atomic mass is 15.0. The normalized spacial score (nSPS) is 11.3. The van der Waals surface area contributed by atoms with Crippen LogP contribution in [0.25, 0.3) is 111 Å². The first kappa shape index (κ1) is 35.2. The number of aromatic nitrogens is 3. The summed E-state index contributed by atoms with van der Waals surface area (Å²) in [4.78, 5) is 15.5. The first-order valence-electron chi connectivity index (χ1n) is 20.3. The predicted molar refractivity (Wildman–Crippen MR) is 250 cm³/mol. The minimum Gasteiger partial charge on any atom is -0.208 e. The molecule has 0 atom stereocenters. The maximum Gasteiger partial charge on any atom is 0.164 e. The Labute approximate surface area is 349 Å². The number of nitrogens with zero attached hydrogens (tertiary/aromatic N) is 3. The minimum absolute atomic E-state index is 0.618. The van der Waals surface area contributed by atoms with Gasteiger partial charge in [0.1, 0.15) is 0 Å². The fourth-order valence-corrected chi connectivity index (χ4v) is 8.50. The van der Waals surface area contributed by atoms with Gasteiger partial charge in [-0.3, -0.25) is 0 Å². The summed E-state index contributed by atoms with van der Waals surface area (Å²) < 4.78 is 0. The lowest BCUT2D eigenvalue weighted by Gasteiger charge is -2.14. The van der Waals surface area contributed by atoms with Gasteiger partial charge in [0.25, 0.3) is 0 Å². The number of rotatable bonds is 7. The molecule has 1 heterocycles. The number of hydrogen-bond donors (Lipinski definition) is 0. The van der Waals surface area contributed by atoms with Crippen LogP contribution in [0.4, 0.5) is 0 Å². The molecule has 0 saturated carbocycles. The Morgan fingerprint density at radius 1 is 0.200 bits per heavy atom. The third-order valence-electron chi connectivity index (χ3n) is 11.5. The highest BCUT2D eigenvalue weighted by Crippen LogP contribution is 2.38. The largest absolute Gasteiger partial charge is 0.208 e. The molecule has 3 nitrogen and oxygen atoms in total. The Balaban J connectivity index is 1.06. The Bertz CT molecular complexity index is 3340. The van der Waals surface area contributed by atoms with Gasteiger partial charge in [-0.15, -0.1) is 0 Å².